The van der Waals surface area contributed by atoms with Gasteiger partial charge in [0.05, 0.1) is 0 Å². The van der Waals surface area contributed by atoms with Crippen LogP contribution in [0.2, 0.25) is 0 Å². The molecule has 0 rings (SSSR count). The van der Waals surface area contributed by atoms with Crippen LogP contribution in [0.4, 0.5) is 0 Å². The van der Waals surface area contributed by atoms with Gasteiger partial charge >= 0.3 is 39.9 Å². The molecule has 0 aromatic carbocycles. The van der Waals surface area contributed by atoms with Crippen LogP contribution < -0.4 is 0 Å². The summed E-state index contributed by atoms with van der Waals surface area (Å²) in [4.78, 5) is 0. The van der Waals surface area contributed by atoms with Crippen LogP contribution in [0.1, 0.15) is 219 Å². The summed E-state index contributed by atoms with van der Waals surface area (Å²) in [7, 11) is 0. The van der Waals surface area contributed by atoms with Gasteiger partial charge in [-0.05, 0) is 0 Å². The van der Waals surface area contributed by atoms with Gasteiger partial charge in [-0.3, -0.25) is 0 Å². The van der Waals surface area contributed by atoms with E-state index in [1.807, 2.05) is 0 Å². The average molecular weight is 694 g/mol. The molecule has 3 heteroatoms. The Kier molecular flexibility index (Phi) is 52.9. The predicted molar refractivity (Wildman–Crippen MR) is 177 cm³/mol. The molecule has 0 aliphatic carbocycles. The van der Waals surface area contributed by atoms with E-state index in [1.54, 1.807) is 0 Å². The number of rotatable bonds is 32. The molecule has 0 saturated carbocycles. The second-order valence-corrected chi connectivity index (χ2v) is 12.1. The van der Waals surface area contributed by atoms with E-state index < -0.39 is 0 Å². The zero-order valence-corrected chi connectivity index (χ0v) is 29.7. The van der Waals surface area contributed by atoms with E-state index in [2.05, 4.69) is 13.8 Å². The average Bonchev–Trinajstić information content (AvgIpc) is 2.93. The zero-order valence-electron chi connectivity index (χ0n) is 27.4. The van der Waals surface area contributed by atoms with Crippen LogP contribution in [0.15, 0.2) is 0 Å². The Morgan fingerprint density at radius 3 is 0.487 bits per heavy atom. The van der Waals surface area contributed by atoms with E-state index >= 15 is 0 Å². The first-order chi connectivity index (χ1) is 18.8. The van der Waals surface area contributed by atoms with Crippen LogP contribution in [0.3, 0.4) is 0 Å². The van der Waals surface area contributed by atoms with Crippen molar-refractivity contribution in [2.45, 2.75) is 219 Å². The number of nitrogens with one attached hydrogen (secondary N) is 2. The molecule has 0 heterocycles. The van der Waals surface area contributed by atoms with E-state index in [0.717, 1.165) is 12.8 Å². The maximum atomic E-state index is 7.08. The van der Waals surface area contributed by atoms with Crippen molar-refractivity contribution in [1.29, 1.82) is 0 Å². The van der Waals surface area contributed by atoms with Crippen molar-refractivity contribution in [2.75, 3.05) is 13.1 Å². The van der Waals surface area contributed by atoms with Crippen LogP contribution in [0.5, 0.6) is 0 Å². The normalized spacial score (nSPS) is 10.8. The van der Waals surface area contributed by atoms with Crippen molar-refractivity contribution in [3.63, 3.8) is 0 Å². The van der Waals surface area contributed by atoms with Gasteiger partial charge in [0.25, 0.3) is 0 Å². The molecule has 0 amide bonds. The van der Waals surface area contributed by atoms with Gasteiger partial charge in [-0.15, -0.1) is 0 Å². The van der Waals surface area contributed by atoms with Crippen molar-refractivity contribution < 1.29 is 39.9 Å². The summed E-state index contributed by atoms with van der Waals surface area (Å²) in [6.45, 7) is 5.82. The monoisotopic (exact) mass is 695 g/mol. The first-order valence-corrected chi connectivity index (χ1v) is 18.1. The molecule has 0 aliphatic heterocycles. The Labute approximate surface area is 281 Å². The molecular formula is C36H76GdN2. The van der Waals surface area contributed by atoms with Crippen LogP contribution in [-0.4, -0.2) is 13.1 Å². The van der Waals surface area contributed by atoms with Gasteiger partial charge in [0.1, 0.15) is 0 Å². The molecule has 0 radical (unpaired) electrons. The van der Waals surface area contributed by atoms with Crippen molar-refractivity contribution in [1.82, 2.24) is 0 Å². The molecule has 0 fully saturated rings. The molecule has 238 valence electrons. The Balaban J connectivity index is -0.000000648. The van der Waals surface area contributed by atoms with E-state index in [9.17, 15) is 0 Å². The van der Waals surface area contributed by atoms with Gasteiger partial charge in [0.2, 0.25) is 0 Å². The summed E-state index contributed by atoms with van der Waals surface area (Å²) < 4.78 is 0. The molecule has 2 nitrogen and oxygen atoms in total. The van der Waals surface area contributed by atoms with Gasteiger partial charge < -0.3 is 11.5 Å². The Hall–Kier alpha value is 1.24. The number of unbranched alkanes of at least 4 members (excludes halogenated alkanes) is 30. The number of hydrogen-bond donors (Lipinski definition) is 0. The fourth-order valence-electron chi connectivity index (χ4n) is 5.35. The minimum absolute atomic E-state index is 0. The third-order valence-electron chi connectivity index (χ3n) is 8.06. The standard InChI is InChI=1S/2C18H38N.Gd/c2*1-2-3-4-5-6-7-8-9-10-11-12-13-14-15-16-17-18-19;/h2*19H,2-18H2,1H3;/q2*-1;+2. The molecular weight excluding hydrogens is 618 g/mol. The molecule has 0 aromatic rings. The van der Waals surface area contributed by atoms with E-state index in [-0.39, 0.29) is 39.9 Å². The van der Waals surface area contributed by atoms with E-state index in [4.69, 9.17) is 11.5 Å². The summed E-state index contributed by atoms with van der Waals surface area (Å²) in [6.07, 6.45) is 45.0. The van der Waals surface area contributed by atoms with Crippen molar-refractivity contribution in [3.05, 3.63) is 11.5 Å². The van der Waals surface area contributed by atoms with Crippen LogP contribution in [0, 0.1) is 39.9 Å². The van der Waals surface area contributed by atoms with Crippen molar-refractivity contribution >= 4 is 0 Å². The van der Waals surface area contributed by atoms with E-state index in [0.29, 0.717) is 13.1 Å². The van der Waals surface area contributed by atoms with E-state index in [1.165, 1.54) is 193 Å². The molecule has 39 heavy (non-hydrogen) atoms. The first-order valence-electron chi connectivity index (χ1n) is 18.1. The fraction of sp³-hybridized carbons (Fsp3) is 1.00. The molecule has 0 bridgehead atoms. The van der Waals surface area contributed by atoms with Crippen LogP contribution in [0.25, 0.3) is 11.5 Å². The SMILES string of the molecule is CCCCCCCCCCCCCCCCCC[NH-].CCCCCCCCCCCCCCCCCC[NH-].[Gd+2]. The molecule has 0 aliphatic rings. The summed E-state index contributed by atoms with van der Waals surface area (Å²) >= 11 is 0. The third-order valence-corrected chi connectivity index (χ3v) is 8.06. The zero-order chi connectivity index (χ0) is 28.0. The second kappa shape index (κ2) is 46.2. The smallest absolute Gasteiger partial charge is 0.677 e. The van der Waals surface area contributed by atoms with Gasteiger partial charge in [0, 0.05) is 0 Å². The molecule has 0 spiro atoms. The molecule has 2 N–H and O–H groups in total. The summed E-state index contributed by atoms with van der Waals surface area (Å²) in [5, 5.41) is 0. The summed E-state index contributed by atoms with van der Waals surface area (Å²) in [6, 6.07) is 0. The predicted octanol–water partition coefficient (Wildman–Crippen LogP) is 14.6. The Morgan fingerprint density at radius 1 is 0.231 bits per heavy atom. The maximum absolute atomic E-state index is 7.08. The van der Waals surface area contributed by atoms with Crippen LogP contribution >= 0.6 is 0 Å². The molecule has 0 unspecified atom stereocenters. The van der Waals surface area contributed by atoms with Gasteiger partial charge in [0.15, 0.2) is 0 Å². The molecule has 0 aromatic heterocycles. The third kappa shape index (κ3) is 49.3. The van der Waals surface area contributed by atoms with Crippen LogP contribution in [-0.2, 0) is 0 Å². The fourth-order valence-corrected chi connectivity index (χ4v) is 5.35. The molecule has 0 atom stereocenters. The first kappa shape index (κ1) is 44.7. The molecule has 0 saturated heterocycles. The number of hydrogen-bond acceptors (Lipinski definition) is 0. The topological polar surface area (TPSA) is 47.6 Å². The van der Waals surface area contributed by atoms with Crippen molar-refractivity contribution in [2.24, 2.45) is 0 Å². The Bertz CT molecular complexity index is 298. The minimum Gasteiger partial charge on any atom is -0.677 e. The quantitative estimate of drug-likeness (QED) is 0.0630. The van der Waals surface area contributed by atoms with Gasteiger partial charge in [-0.25, -0.2) is 0 Å². The second-order valence-electron chi connectivity index (χ2n) is 12.1. The minimum atomic E-state index is 0. The maximum Gasteiger partial charge on any atom is 2.00 e. The summed E-state index contributed by atoms with van der Waals surface area (Å²) in [5.74, 6) is 0. The van der Waals surface area contributed by atoms with Gasteiger partial charge in [-0.1, -0.05) is 219 Å². The van der Waals surface area contributed by atoms with Gasteiger partial charge in [-0.2, -0.15) is 13.1 Å². The summed E-state index contributed by atoms with van der Waals surface area (Å²) in [5.41, 5.74) is 14.2. The Morgan fingerprint density at radius 2 is 0.359 bits per heavy atom. The largest absolute Gasteiger partial charge is 2.00 e. The van der Waals surface area contributed by atoms with Crippen molar-refractivity contribution in [3.8, 4) is 0 Å².